The van der Waals surface area contributed by atoms with Gasteiger partial charge in [0, 0.05) is 12.8 Å². The molecule has 2 N–H and O–H groups in total. The lowest BCUT2D eigenvalue weighted by molar-refractivity contribution is -0.141. The lowest BCUT2D eigenvalue weighted by Gasteiger charge is -2.14. The van der Waals surface area contributed by atoms with Crippen LogP contribution in [-0.2, 0) is 20.8 Å². The maximum absolute atomic E-state index is 11.9. The van der Waals surface area contributed by atoms with Gasteiger partial charge in [-0.25, -0.2) is 4.79 Å². The lowest BCUT2D eigenvalue weighted by atomic mass is 10.1. The Morgan fingerprint density at radius 2 is 1.45 bits per heavy atom. The molecule has 0 saturated carbocycles. The summed E-state index contributed by atoms with van der Waals surface area (Å²) in [5, 5.41) is 11.7. The van der Waals surface area contributed by atoms with E-state index in [1.54, 1.807) is 0 Å². The van der Waals surface area contributed by atoms with Crippen molar-refractivity contribution in [2.75, 3.05) is 12.0 Å². The summed E-state index contributed by atoms with van der Waals surface area (Å²) in [6.07, 6.45) is 22.4. The molecule has 2 atom stereocenters. The monoisotopic (exact) mass is 429 g/mol. The highest BCUT2D eigenvalue weighted by molar-refractivity contribution is 7.90. The summed E-state index contributed by atoms with van der Waals surface area (Å²) >= 11 is -1.05. The zero-order valence-corrected chi connectivity index (χ0v) is 19.4. The molecule has 0 aromatic heterocycles. The van der Waals surface area contributed by atoms with Gasteiger partial charge >= 0.3 is 5.97 Å². The summed E-state index contributed by atoms with van der Waals surface area (Å²) in [6.45, 7) is 2.25. The van der Waals surface area contributed by atoms with E-state index in [4.69, 9.17) is 5.11 Å². The number of carbonyl (C=O) groups is 2. The summed E-state index contributed by atoms with van der Waals surface area (Å²) < 4.78 is 11.1. The molecule has 0 rings (SSSR count). The number of aliphatic carboxylic acids is 1. The van der Waals surface area contributed by atoms with E-state index in [-0.39, 0.29) is 18.1 Å². The van der Waals surface area contributed by atoms with Crippen molar-refractivity contribution in [3.63, 3.8) is 0 Å². The van der Waals surface area contributed by atoms with E-state index in [1.165, 1.54) is 64.0 Å². The van der Waals surface area contributed by atoms with Crippen LogP contribution in [0.3, 0.4) is 0 Å². The zero-order chi connectivity index (χ0) is 21.7. The van der Waals surface area contributed by atoms with Crippen LogP contribution >= 0.6 is 0 Å². The Bertz CT molecular complexity index is 441. The van der Waals surface area contributed by atoms with Crippen molar-refractivity contribution in [3.05, 3.63) is 12.2 Å². The van der Waals surface area contributed by atoms with Gasteiger partial charge in [0.05, 0.1) is 6.26 Å². The normalized spacial score (nSPS) is 13.5. The number of hydrogen-bond donors (Lipinski definition) is 2. The predicted molar refractivity (Wildman–Crippen MR) is 123 cm³/mol. The molecule has 170 valence electrons. The largest absolute Gasteiger partial charge is 0.617 e. The van der Waals surface area contributed by atoms with Crippen molar-refractivity contribution in [2.45, 2.75) is 109 Å². The molecular formula is C23H43NO4S. The first-order chi connectivity index (χ1) is 14.0. The van der Waals surface area contributed by atoms with Crippen LogP contribution in [0.15, 0.2) is 12.2 Å². The van der Waals surface area contributed by atoms with Crippen LogP contribution in [0.25, 0.3) is 0 Å². The molecule has 0 saturated heterocycles. The van der Waals surface area contributed by atoms with Crippen molar-refractivity contribution >= 4 is 23.1 Å². The standard InChI is InChI=1S/C23H43NO4S/c1-3-4-5-6-7-8-9-10-11-12-13-14-15-16-17-18-22(25)24-21(23(26)27)19-20-29(2)28/h10-11,21H,3-9,12-20H2,1-2H3,(H,24,25)(H,26,27)/b11-10-/t21-,29?/m1/s1. The summed E-state index contributed by atoms with van der Waals surface area (Å²) in [6, 6.07) is -0.936. The van der Waals surface area contributed by atoms with Crippen LogP contribution in [0.4, 0.5) is 0 Å². The summed E-state index contributed by atoms with van der Waals surface area (Å²) in [4.78, 5) is 23.0. The number of amides is 1. The first kappa shape index (κ1) is 28.0. The molecule has 0 bridgehead atoms. The Hall–Kier alpha value is -1.01. The van der Waals surface area contributed by atoms with Gasteiger partial charge in [0.1, 0.15) is 11.8 Å². The van der Waals surface area contributed by atoms with E-state index < -0.39 is 23.2 Å². The summed E-state index contributed by atoms with van der Waals surface area (Å²) in [5.74, 6) is -1.00. The van der Waals surface area contributed by atoms with Crippen molar-refractivity contribution in [1.29, 1.82) is 0 Å². The highest BCUT2D eigenvalue weighted by Gasteiger charge is 2.21. The van der Waals surface area contributed by atoms with Crippen LogP contribution in [-0.4, -0.2) is 39.6 Å². The molecule has 6 heteroatoms. The smallest absolute Gasteiger partial charge is 0.326 e. The third kappa shape index (κ3) is 20.1. The molecule has 0 radical (unpaired) electrons. The highest BCUT2D eigenvalue weighted by Crippen LogP contribution is 2.10. The van der Waals surface area contributed by atoms with Crippen LogP contribution < -0.4 is 5.32 Å². The molecule has 1 amide bonds. The Balaban J connectivity index is 3.53. The topological polar surface area (TPSA) is 89.5 Å². The minimum absolute atomic E-state index is 0.205. The quantitative estimate of drug-likeness (QED) is 0.155. The average molecular weight is 430 g/mol. The fourth-order valence-electron chi connectivity index (χ4n) is 3.16. The van der Waals surface area contributed by atoms with E-state index >= 15 is 0 Å². The molecule has 0 aliphatic carbocycles. The van der Waals surface area contributed by atoms with E-state index in [2.05, 4.69) is 24.4 Å². The van der Waals surface area contributed by atoms with Crippen LogP contribution in [0.5, 0.6) is 0 Å². The molecule has 29 heavy (non-hydrogen) atoms. The van der Waals surface area contributed by atoms with Crippen molar-refractivity contribution in [3.8, 4) is 0 Å². The van der Waals surface area contributed by atoms with Gasteiger partial charge in [-0.1, -0.05) is 81.6 Å². The maximum Gasteiger partial charge on any atom is 0.326 e. The van der Waals surface area contributed by atoms with E-state index in [0.29, 0.717) is 6.42 Å². The minimum atomic E-state index is -1.06. The number of carboxylic acids is 1. The molecule has 0 aromatic carbocycles. The van der Waals surface area contributed by atoms with Crippen molar-refractivity contribution < 1.29 is 19.2 Å². The second kappa shape index (κ2) is 20.3. The van der Waals surface area contributed by atoms with E-state index in [9.17, 15) is 14.1 Å². The number of rotatable bonds is 20. The molecule has 0 heterocycles. The van der Waals surface area contributed by atoms with Gasteiger partial charge in [-0.3, -0.25) is 4.79 Å². The molecule has 0 spiro atoms. The molecule has 0 aliphatic rings. The first-order valence-corrected chi connectivity index (χ1v) is 13.2. The SMILES string of the molecule is CCCCCCCC/C=C\CCCCCCCC(=O)N[C@H](CC[S+](C)[O-])C(=O)O. The van der Waals surface area contributed by atoms with Crippen molar-refractivity contribution in [2.24, 2.45) is 0 Å². The van der Waals surface area contributed by atoms with Crippen molar-refractivity contribution in [1.82, 2.24) is 5.32 Å². The van der Waals surface area contributed by atoms with Gasteiger partial charge < -0.3 is 15.0 Å². The molecule has 0 aliphatic heterocycles. The lowest BCUT2D eigenvalue weighted by Crippen LogP contribution is -2.41. The third-order valence-electron chi connectivity index (χ3n) is 4.99. The molecule has 1 unspecified atom stereocenters. The maximum atomic E-state index is 11.9. The molecule has 5 nitrogen and oxygen atoms in total. The minimum Gasteiger partial charge on any atom is -0.617 e. The third-order valence-corrected chi connectivity index (χ3v) is 5.80. The highest BCUT2D eigenvalue weighted by atomic mass is 32.2. The number of allylic oxidation sites excluding steroid dienone is 2. The number of carbonyl (C=O) groups excluding carboxylic acids is 1. The predicted octanol–water partition coefficient (Wildman–Crippen LogP) is 5.36. The summed E-state index contributed by atoms with van der Waals surface area (Å²) in [5.41, 5.74) is 0. The Morgan fingerprint density at radius 3 is 1.97 bits per heavy atom. The van der Waals surface area contributed by atoms with Gasteiger partial charge in [0.25, 0.3) is 0 Å². The van der Waals surface area contributed by atoms with Gasteiger partial charge in [-0.2, -0.15) is 0 Å². The van der Waals surface area contributed by atoms with E-state index in [0.717, 1.165) is 25.7 Å². The van der Waals surface area contributed by atoms with Gasteiger partial charge in [-0.15, -0.1) is 0 Å². The summed E-state index contributed by atoms with van der Waals surface area (Å²) in [7, 11) is 0. The number of carboxylic acid groups (broad SMARTS) is 1. The average Bonchev–Trinajstić information content (AvgIpc) is 2.67. The van der Waals surface area contributed by atoms with Gasteiger partial charge in [-0.05, 0) is 32.1 Å². The fourth-order valence-corrected chi connectivity index (χ4v) is 3.73. The number of unbranched alkanes of at least 4 members (excludes halogenated alkanes) is 11. The van der Waals surface area contributed by atoms with Crippen LogP contribution in [0.2, 0.25) is 0 Å². The van der Waals surface area contributed by atoms with Gasteiger partial charge in [0.2, 0.25) is 5.91 Å². The zero-order valence-electron chi connectivity index (χ0n) is 18.6. The second-order valence-corrected chi connectivity index (χ2v) is 9.41. The van der Waals surface area contributed by atoms with Gasteiger partial charge in [0.15, 0.2) is 0 Å². The fraction of sp³-hybridized carbons (Fsp3) is 0.826. The Labute approximate surface area is 181 Å². The number of hydrogen-bond acceptors (Lipinski definition) is 3. The molecular weight excluding hydrogens is 386 g/mol. The Morgan fingerprint density at radius 1 is 0.931 bits per heavy atom. The van der Waals surface area contributed by atoms with Crippen LogP contribution in [0.1, 0.15) is 103 Å². The van der Waals surface area contributed by atoms with Crippen LogP contribution in [0, 0.1) is 0 Å². The molecule has 0 fully saturated rings. The number of nitrogens with one attached hydrogen (secondary N) is 1. The van der Waals surface area contributed by atoms with E-state index in [1.807, 2.05) is 0 Å². The first-order valence-electron chi connectivity index (χ1n) is 11.4. The molecule has 0 aromatic rings. The second-order valence-electron chi connectivity index (χ2n) is 7.86. The Kier molecular flexibility index (Phi) is 19.6.